The van der Waals surface area contributed by atoms with Crippen molar-refractivity contribution in [3.63, 3.8) is 0 Å². The molecule has 1 fully saturated rings. The molecule has 21 heavy (non-hydrogen) atoms. The van der Waals surface area contributed by atoms with Gasteiger partial charge in [0, 0.05) is 13.7 Å². The predicted octanol–water partition coefficient (Wildman–Crippen LogP) is 2.09. The fourth-order valence-corrected chi connectivity index (χ4v) is 2.99. The van der Waals surface area contributed by atoms with Gasteiger partial charge in [-0.3, -0.25) is 0 Å². The topological polar surface area (TPSA) is 78.9 Å². The van der Waals surface area contributed by atoms with E-state index >= 15 is 0 Å². The fraction of sp³-hybridized carbons (Fsp3) is 0.867. The number of carboxylic acid groups (broad SMARTS) is 1. The van der Waals surface area contributed by atoms with Crippen molar-refractivity contribution in [3.05, 3.63) is 0 Å². The van der Waals surface area contributed by atoms with Gasteiger partial charge in [0.25, 0.3) is 0 Å². The molecule has 0 saturated carbocycles. The summed E-state index contributed by atoms with van der Waals surface area (Å²) in [6.07, 6.45) is 2.49. The molecule has 2 atom stereocenters. The van der Waals surface area contributed by atoms with Crippen LogP contribution in [0.3, 0.4) is 0 Å². The Balaban J connectivity index is 2.86. The van der Waals surface area contributed by atoms with Gasteiger partial charge in [-0.15, -0.1) is 0 Å². The zero-order chi connectivity index (χ0) is 16.0. The molecule has 1 saturated heterocycles. The molecule has 0 aliphatic carbocycles. The Hall–Kier alpha value is -1.30. The van der Waals surface area contributed by atoms with Crippen LogP contribution in [0.1, 0.15) is 46.5 Å². The van der Waals surface area contributed by atoms with E-state index in [-0.39, 0.29) is 18.0 Å². The first kappa shape index (κ1) is 17.8. The normalized spacial score (nSPS) is 23.4. The summed E-state index contributed by atoms with van der Waals surface area (Å²) in [6.45, 7) is 6.87. The molecule has 122 valence electrons. The number of nitrogens with zero attached hydrogens (tertiary/aromatic N) is 1. The van der Waals surface area contributed by atoms with Gasteiger partial charge < -0.3 is 20.1 Å². The third kappa shape index (κ3) is 3.87. The standard InChI is InChI=1S/C15H28N2O4/c1-5-7-15(13(18)19)8-6-9-17(15)14(20)16-12(10-21-4)11(2)3/h11-12H,5-10H2,1-4H3,(H,16,20)(H,18,19). The Labute approximate surface area is 126 Å². The number of aliphatic carboxylic acids is 1. The zero-order valence-corrected chi connectivity index (χ0v) is 13.5. The summed E-state index contributed by atoms with van der Waals surface area (Å²) < 4.78 is 5.13. The summed E-state index contributed by atoms with van der Waals surface area (Å²) >= 11 is 0. The third-order valence-corrected chi connectivity index (χ3v) is 4.26. The van der Waals surface area contributed by atoms with Gasteiger partial charge in [0.2, 0.25) is 0 Å². The number of amides is 2. The van der Waals surface area contributed by atoms with Crippen molar-refractivity contribution in [1.29, 1.82) is 0 Å². The first-order valence-electron chi connectivity index (χ1n) is 7.69. The van der Waals surface area contributed by atoms with Crippen molar-refractivity contribution in [2.45, 2.75) is 58.0 Å². The predicted molar refractivity (Wildman–Crippen MR) is 80.2 cm³/mol. The van der Waals surface area contributed by atoms with Crippen molar-refractivity contribution in [3.8, 4) is 0 Å². The van der Waals surface area contributed by atoms with Gasteiger partial charge in [-0.25, -0.2) is 9.59 Å². The average Bonchev–Trinajstić information content (AvgIpc) is 2.83. The Kier molecular flexibility index (Phi) is 6.45. The van der Waals surface area contributed by atoms with Crippen LogP contribution in [0.2, 0.25) is 0 Å². The Morgan fingerprint density at radius 1 is 1.43 bits per heavy atom. The number of hydrogen-bond donors (Lipinski definition) is 2. The van der Waals surface area contributed by atoms with Crippen LogP contribution in [0, 0.1) is 5.92 Å². The van der Waals surface area contributed by atoms with Crippen LogP contribution >= 0.6 is 0 Å². The molecule has 2 unspecified atom stereocenters. The second-order valence-corrected chi connectivity index (χ2v) is 6.10. The molecule has 0 aromatic heterocycles. The number of rotatable bonds is 7. The maximum atomic E-state index is 12.5. The van der Waals surface area contributed by atoms with E-state index in [1.807, 2.05) is 20.8 Å². The second-order valence-electron chi connectivity index (χ2n) is 6.10. The minimum atomic E-state index is -1.05. The van der Waals surface area contributed by atoms with E-state index in [0.29, 0.717) is 26.0 Å². The lowest BCUT2D eigenvalue weighted by atomic mass is 9.91. The van der Waals surface area contributed by atoms with Crippen LogP contribution < -0.4 is 5.32 Å². The maximum Gasteiger partial charge on any atom is 0.329 e. The molecule has 0 spiro atoms. The summed E-state index contributed by atoms with van der Waals surface area (Å²) in [4.78, 5) is 25.8. The highest BCUT2D eigenvalue weighted by molar-refractivity contribution is 5.87. The molecule has 1 aliphatic heterocycles. The number of nitrogens with one attached hydrogen (secondary N) is 1. The lowest BCUT2D eigenvalue weighted by Crippen LogP contribution is -2.58. The van der Waals surface area contributed by atoms with Gasteiger partial charge >= 0.3 is 12.0 Å². The SMILES string of the molecule is CCCC1(C(=O)O)CCCN1C(=O)NC(COC)C(C)C. The van der Waals surface area contributed by atoms with E-state index < -0.39 is 11.5 Å². The van der Waals surface area contributed by atoms with Crippen molar-refractivity contribution in [2.24, 2.45) is 5.92 Å². The quantitative estimate of drug-likeness (QED) is 0.754. The van der Waals surface area contributed by atoms with E-state index in [1.54, 1.807) is 7.11 Å². The molecule has 0 aromatic carbocycles. The number of ether oxygens (including phenoxy) is 1. The number of urea groups is 1. The van der Waals surface area contributed by atoms with Crippen molar-refractivity contribution in [2.75, 3.05) is 20.3 Å². The van der Waals surface area contributed by atoms with Crippen molar-refractivity contribution < 1.29 is 19.4 Å². The number of hydrogen-bond acceptors (Lipinski definition) is 3. The molecular weight excluding hydrogens is 272 g/mol. The average molecular weight is 300 g/mol. The molecular formula is C15H28N2O4. The van der Waals surface area contributed by atoms with Crippen LogP contribution in [-0.4, -0.2) is 53.8 Å². The Morgan fingerprint density at radius 3 is 2.57 bits per heavy atom. The largest absolute Gasteiger partial charge is 0.479 e. The van der Waals surface area contributed by atoms with Gasteiger partial charge in [0.05, 0.1) is 12.6 Å². The van der Waals surface area contributed by atoms with E-state index in [9.17, 15) is 14.7 Å². The lowest BCUT2D eigenvalue weighted by Gasteiger charge is -2.36. The van der Waals surface area contributed by atoms with E-state index in [2.05, 4.69) is 5.32 Å². The van der Waals surface area contributed by atoms with Gasteiger partial charge in [-0.1, -0.05) is 27.2 Å². The van der Waals surface area contributed by atoms with Crippen LogP contribution in [0.4, 0.5) is 4.79 Å². The Bertz CT molecular complexity index is 373. The molecule has 1 heterocycles. The maximum absolute atomic E-state index is 12.5. The second kappa shape index (κ2) is 7.64. The molecule has 1 aliphatic rings. The number of methoxy groups -OCH3 is 1. The highest BCUT2D eigenvalue weighted by Gasteiger charge is 2.49. The van der Waals surface area contributed by atoms with E-state index in [4.69, 9.17) is 4.74 Å². The van der Waals surface area contributed by atoms with E-state index in [1.165, 1.54) is 4.90 Å². The summed E-state index contributed by atoms with van der Waals surface area (Å²) in [5.74, 6) is -0.674. The van der Waals surface area contributed by atoms with Crippen LogP contribution in [-0.2, 0) is 9.53 Å². The summed E-state index contributed by atoms with van der Waals surface area (Å²) in [5.41, 5.74) is -1.05. The minimum absolute atomic E-state index is 0.115. The third-order valence-electron chi connectivity index (χ3n) is 4.26. The highest BCUT2D eigenvalue weighted by Crippen LogP contribution is 2.34. The fourth-order valence-electron chi connectivity index (χ4n) is 2.99. The van der Waals surface area contributed by atoms with Crippen molar-refractivity contribution in [1.82, 2.24) is 10.2 Å². The molecule has 0 radical (unpaired) electrons. The highest BCUT2D eigenvalue weighted by atomic mass is 16.5. The zero-order valence-electron chi connectivity index (χ0n) is 13.5. The van der Waals surface area contributed by atoms with Gasteiger partial charge in [-0.2, -0.15) is 0 Å². The minimum Gasteiger partial charge on any atom is -0.479 e. The van der Waals surface area contributed by atoms with Crippen LogP contribution in [0.15, 0.2) is 0 Å². The van der Waals surface area contributed by atoms with Crippen LogP contribution in [0.5, 0.6) is 0 Å². The van der Waals surface area contributed by atoms with Gasteiger partial charge in [0.1, 0.15) is 5.54 Å². The molecule has 0 aromatic rings. The number of likely N-dealkylation sites (tertiary alicyclic amines) is 1. The number of carboxylic acids is 1. The van der Waals surface area contributed by atoms with Crippen molar-refractivity contribution >= 4 is 12.0 Å². The summed E-state index contributed by atoms with van der Waals surface area (Å²) in [5, 5.41) is 12.5. The van der Waals surface area contributed by atoms with Gasteiger partial charge in [-0.05, 0) is 25.2 Å². The number of carbonyl (C=O) groups is 2. The lowest BCUT2D eigenvalue weighted by molar-refractivity contribution is -0.148. The molecule has 2 amide bonds. The number of carbonyl (C=O) groups excluding carboxylic acids is 1. The summed E-state index contributed by atoms with van der Waals surface area (Å²) in [6, 6.07) is -0.407. The first-order valence-corrected chi connectivity index (χ1v) is 7.69. The molecule has 2 N–H and O–H groups in total. The molecule has 6 heteroatoms. The molecule has 6 nitrogen and oxygen atoms in total. The van der Waals surface area contributed by atoms with Gasteiger partial charge in [0.15, 0.2) is 0 Å². The monoisotopic (exact) mass is 300 g/mol. The smallest absolute Gasteiger partial charge is 0.329 e. The Morgan fingerprint density at radius 2 is 2.10 bits per heavy atom. The summed E-state index contributed by atoms with van der Waals surface area (Å²) in [7, 11) is 1.59. The first-order chi connectivity index (χ1) is 9.89. The molecule has 0 bridgehead atoms. The van der Waals surface area contributed by atoms with E-state index in [0.717, 1.165) is 12.8 Å². The van der Waals surface area contributed by atoms with Crippen LogP contribution in [0.25, 0.3) is 0 Å². The molecule has 1 rings (SSSR count).